The SMILES string of the molecule is O=[N+]([O-])c1cc([N+](=O)[O-])c([O-])c([N+](=O)[O-])c1.[N-]=[N+]=NCC([NH3+])(CN=[N+]=[N-])CN=[N+]=[N-]. The first-order valence-corrected chi connectivity index (χ1v) is 7.19. The van der Waals surface area contributed by atoms with Crippen LogP contribution < -0.4 is 10.8 Å². The van der Waals surface area contributed by atoms with Gasteiger partial charge in [-0.15, -0.1) is 0 Å². The molecule has 0 amide bonds. The Morgan fingerprint density at radius 2 is 1.17 bits per heavy atom. The van der Waals surface area contributed by atoms with E-state index < -0.39 is 43.1 Å². The standard InChI is InChI=1S/C6H3N3O7.C4H8N10/c10-6-4(8(13)14)1-3(7(11)12)2-5(6)9(15)16;5-4(1-9-12-6,2-10-13-7)3-11-14-8/h1-2,10H;1-3,5H2. The van der Waals surface area contributed by atoms with Crippen LogP contribution in [0.3, 0.4) is 0 Å². The maximum absolute atomic E-state index is 11.1. The molecular weight excluding hydrogens is 414 g/mol. The summed E-state index contributed by atoms with van der Waals surface area (Å²) in [7, 11) is 0. The van der Waals surface area contributed by atoms with Gasteiger partial charge in [0.05, 0.1) is 52.3 Å². The van der Waals surface area contributed by atoms with Gasteiger partial charge in [-0.25, -0.2) is 0 Å². The first kappa shape index (κ1) is 25.1. The number of azide groups is 3. The molecule has 30 heavy (non-hydrogen) atoms. The van der Waals surface area contributed by atoms with Crippen molar-refractivity contribution in [2.24, 2.45) is 15.3 Å². The van der Waals surface area contributed by atoms with Gasteiger partial charge in [0.1, 0.15) is 5.54 Å². The zero-order valence-electron chi connectivity index (χ0n) is 14.7. The molecule has 0 unspecified atom stereocenters. The van der Waals surface area contributed by atoms with Gasteiger partial charge in [0.15, 0.2) is 0 Å². The van der Waals surface area contributed by atoms with E-state index in [-0.39, 0.29) is 19.6 Å². The smallest absolute Gasteiger partial charge is 0.283 e. The minimum absolute atomic E-state index is 0.0154. The van der Waals surface area contributed by atoms with Gasteiger partial charge in [-0.2, -0.15) is 0 Å². The lowest BCUT2D eigenvalue weighted by atomic mass is 10.0. The molecule has 1 aromatic rings. The number of nitro benzene ring substituents is 3. The molecule has 0 spiro atoms. The topological polar surface area (TPSA) is 326 Å². The fourth-order valence-corrected chi connectivity index (χ4v) is 1.66. The highest BCUT2D eigenvalue weighted by atomic mass is 16.6. The van der Waals surface area contributed by atoms with Gasteiger partial charge in [-0.3, -0.25) is 30.3 Å². The van der Waals surface area contributed by atoms with E-state index in [1.165, 1.54) is 0 Å². The number of rotatable bonds is 9. The van der Waals surface area contributed by atoms with Crippen molar-refractivity contribution in [2.45, 2.75) is 5.54 Å². The maximum Gasteiger partial charge on any atom is 0.283 e. The van der Waals surface area contributed by atoms with Gasteiger partial charge in [0.2, 0.25) is 0 Å². The molecule has 0 saturated carbocycles. The van der Waals surface area contributed by atoms with Crippen LogP contribution in [0.4, 0.5) is 17.1 Å². The summed E-state index contributed by atoms with van der Waals surface area (Å²) in [6.45, 7) is 0.0462. The second-order valence-electron chi connectivity index (χ2n) is 5.25. The summed E-state index contributed by atoms with van der Waals surface area (Å²) in [4.78, 5) is 35.2. The Morgan fingerprint density at radius 1 is 0.833 bits per heavy atom. The predicted octanol–water partition coefficient (Wildman–Crippen LogP) is 1.38. The van der Waals surface area contributed by atoms with E-state index in [0.29, 0.717) is 12.1 Å². The zero-order chi connectivity index (χ0) is 23.3. The van der Waals surface area contributed by atoms with Crippen molar-refractivity contribution in [3.8, 4) is 5.75 Å². The third-order valence-electron chi connectivity index (χ3n) is 3.05. The van der Waals surface area contributed by atoms with E-state index in [2.05, 4.69) is 35.8 Å². The summed E-state index contributed by atoms with van der Waals surface area (Å²) < 4.78 is 0. The van der Waals surface area contributed by atoms with Gasteiger partial charge >= 0.3 is 0 Å². The molecule has 0 heterocycles. The Kier molecular flexibility index (Phi) is 9.83. The quantitative estimate of drug-likeness (QED) is 0.199. The van der Waals surface area contributed by atoms with Crippen LogP contribution in [0.5, 0.6) is 5.75 Å². The summed E-state index contributed by atoms with van der Waals surface area (Å²) in [5, 5.41) is 52.0. The average molecular weight is 425 g/mol. The third-order valence-corrected chi connectivity index (χ3v) is 3.05. The van der Waals surface area contributed by atoms with Crippen LogP contribution >= 0.6 is 0 Å². The molecule has 20 nitrogen and oxygen atoms in total. The molecule has 0 fully saturated rings. The number of nitrogens with zero attached hydrogens (tertiary/aromatic N) is 12. The molecule has 0 atom stereocenters. The van der Waals surface area contributed by atoms with Crippen LogP contribution in [0.25, 0.3) is 31.3 Å². The Hall–Kier alpha value is -4.89. The van der Waals surface area contributed by atoms with E-state index in [0.717, 1.165) is 0 Å². The van der Waals surface area contributed by atoms with E-state index in [9.17, 15) is 35.4 Å². The number of benzene rings is 1. The molecule has 158 valence electrons. The molecule has 0 radical (unpaired) electrons. The van der Waals surface area contributed by atoms with Crippen molar-refractivity contribution in [3.63, 3.8) is 0 Å². The van der Waals surface area contributed by atoms with Crippen molar-refractivity contribution >= 4 is 17.1 Å². The van der Waals surface area contributed by atoms with Gasteiger partial charge < -0.3 is 10.8 Å². The highest BCUT2D eigenvalue weighted by molar-refractivity contribution is 5.63. The summed E-state index contributed by atoms with van der Waals surface area (Å²) >= 11 is 0. The van der Waals surface area contributed by atoms with Crippen LogP contribution in [0.1, 0.15) is 0 Å². The normalized spacial score (nSPS) is 11.1. The van der Waals surface area contributed by atoms with E-state index >= 15 is 0 Å². The lowest BCUT2D eigenvalue weighted by Gasteiger charge is -2.18. The molecule has 20 heteroatoms. The highest BCUT2D eigenvalue weighted by Crippen LogP contribution is 2.36. The molecule has 0 aromatic heterocycles. The number of non-ortho nitro benzene ring substituents is 1. The predicted molar refractivity (Wildman–Crippen MR) is 93.5 cm³/mol. The van der Waals surface area contributed by atoms with Crippen molar-refractivity contribution in [3.05, 3.63) is 73.8 Å². The minimum Gasteiger partial charge on any atom is -0.863 e. The molecule has 0 aliphatic rings. The third kappa shape index (κ3) is 7.78. The molecule has 0 aliphatic carbocycles. The number of nitro groups is 3. The Labute approximate surface area is 163 Å². The van der Waals surface area contributed by atoms with Gasteiger partial charge in [-0.1, -0.05) is 15.3 Å². The average Bonchev–Trinajstić information content (AvgIpc) is 2.69. The van der Waals surface area contributed by atoms with Crippen LogP contribution in [-0.2, 0) is 0 Å². The van der Waals surface area contributed by atoms with Crippen molar-refractivity contribution in [1.82, 2.24) is 0 Å². The van der Waals surface area contributed by atoms with Crippen LogP contribution in [-0.4, -0.2) is 39.9 Å². The summed E-state index contributed by atoms with van der Waals surface area (Å²) in [6.07, 6.45) is 0. The molecule has 1 aromatic carbocycles. The molecule has 0 aliphatic heterocycles. The monoisotopic (exact) mass is 425 g/mol. The lowest BCUT2D eigenvalue weighted by Crippen LogP contribution is -2.77. The highest BCUT2D eigenvalue weighted by Gasteiger charge is 2.27. The minimum atomic E-state index is -1.46. The second-order valence-corrected chi connectivity index (χ2v) is 5.25. The van der Waals surface area contributed by atoms with Crippen molar-refractivity contribution < 1.29 is 25.6 Å². The van der Waals surface area contributed by atoms with E-state index in [4.69, 9.17) is 16.6 Å². The van der Waals surface area contributed by atoms with Crippen LogP contribution in [0.15, 0.2) is 27.5 Å². The van der Waals surface area contributed by atoms with Crippen LogP contribution in [0, 0.1) is 30.3 Å². The maximum atomic E-state index is 11.1. The van der Waals surface area contributed by atoms with E-state index in [1.54, 1.807) is 0 Å². The first-order chi connectivity index (χ1) is 14.0. The Morgan fingerprint density at radius 3 is 1.40 bits per heavy atom. The molecular formula is C10H11N13O7. The van der Waals surface area contributed by atoms with E-state index in [1.807, 2.05) is 0 Å². The second kappa shape index (κ2) is 11.7. The fourth-order valence-electron chi connectivity index (χ4n) is 1.66. The van der Waals surface area contributed by atoms with Gasteiger partial charge in [0, 0.05) is 14.7 Å². The summed E-state index contributed by atoms with van der Waals surface area (Å²) in [5.41, 5.74) is 23.9. The zero-order valence-corrected chi connectivity index (χ0v) is 14.7. The summed E-state index contributed by atoms with van der Waals surface area (Å²) in [5.74, 6) is -1.46. The lowest BCUT2D eigenvalue weighted by molar-refractivity contribution is -0.465. The van der Waals surface area contributed by atoms with Crippen molar-refractivity contribution in [1.29, 1.82) is 0 Å². The summed E-state index contributed by atoms with van der Waals surface area (Å²) in [6, 6.07) is 0.769. The first-order valence-electron chi connectivity index (χ1n) is 7.19. The molecule has 0 bridgehead atoms. The molecule has 3 N–H and O–H groups in total. The number of hydrogen-bond acceptors (Lipinski definition) is 10. The van der Waals surface area contributed by atoms with Gasteiger partial charge in [-0.05, 0) is 16.6 Å². The molecule has 1 rings (SSSR count). The van der Waals surface area contributed by atoms with Gasteiger partial charge in [0.25, 0.3) is 17.1 Å². The Bertz CT molecular complexity index is 889. The van der Waals surface area contributed by atoms with Crippen LogP contribution in [0.2, 0.25) is 0 Å². The number of quaternary nitrogens is 1. The largest absolute Gasteiger partial charge is 0.863 e. The molecule has 0 saturated heterocycles. The Balaban J connectivity index is 0.000000567. The fraction of sp³-hybridized carbons (Fsp3) is 0.400. The number of hydrogen-bond donors (Lipinski definition) is 1. The van der Waals surface area contributed by atoms with Crippen molar-refractivity contribution in [2.75, 3.05) is 19.6 Å².